The van der Waals surface area contributed by atoms with E-state index >= 15 is 0 Å². The molecular weight excluding hydrogens is 292 g/mol. The Kier molecular flexibility index (Phi) is 5.54. The lowest BCUT2D eigenvalue weighted by Gasteiger charge is -2.35. The quantitative estimate of drug-likeness (QED) is 0.785. The summed E-state index contributed by atoms with van der Waals surface area (Å²) in [6, 6.07) is 2.24. The van der Waals surface area contributed by atoms with Gasteiger partial charge in [-0.2, -0.15) is 5.10 Å². The van der Waals surface area contributed by atoms with E-state index in [1.807, 2.05) is 15.6 Å². The van der Waals surface area contributed by atoms with E-state index in [0.717, 1.165) is 57.1 Å². The first-order valence-corrected chi connectivity index (χ1v) is 8.86. The second-order valence-corrected chi connectivity index (χ2v) is 6.75. The smallest absolute Gasteiger partial charge is 0.323 e. The van der Waals surface area contributed by atoms with Crippen LogP contribution in [0.5, 0.6) is 0 Å². The number of anilines is 1. The van der Waals surface area contributed by atoms with Crippen molar-refractivity contribution >= 4 is 11.8 Å². The number of hydrogen-bond donors (Lipinski definition) is 1. The van der Waals surface area contributed by atoms with Crippen molar-refractivity contribution in [1.82, 2.24) is 14.7 Å². The van der Waals surface area contributed by atoms with Crippen LogP contribution >= 0.6 is 0 Å². The number of aromatic nitrogens is 2. The molecule has 1 aromatic heterocycles. The molecule has 6 heteroatoms. The summed E-state index contributed by atoms with van der Waals surface area (Å²) in [5, 5.41) is 7.41. The van der Waals surface area contributed by atoms with Gasteiger partial charge in [-0.3, -0.25) is 5.32 Å². The van der Waals surface area contributed by atoms with Crippen LogP contribution in [-0.2, 0) is 11.3 Å². The van der Waals surface area contributed by atoms with Crippen molar-refractivity contribution in [3.63, 3.8) is 0 Å². The van der Waals surface area contributed by atoms with Crippen molar-refractivity contribution in [1.29, 1.82) is 0 Å². The number of carbonyl (C=O) groups is 1. The molecule has 0 bridgehead atoms. The predicted molar refractivity (Wildman–Crippen MR) is 89.4 cm³/mol. The number of hydrogen-bond acceptors (Lipinski definition) is 3. The molecule has 2 fully saturated rings. The molecule has 1 N–H and O–H groups in total. The molecular formula is C17H28N4O2. The highest BCUT2D eigenvalue weighted by molar-refractivity contribution is 5.88. The van der Waals surface area contributed by atoms with Crippen LogP contribution in [0.15, 0.2) is 12.3 Å². The van der Waals surface area contributed by atoms with Gasteiger partial charge in [-0.1, -0.05) is 0 Å². The Labute approximate surface area is 138 Å². The third-order valence-corrected chi connectivity index (χ3v) is 4.85. The molecule has 2 heterocycles. The number of amides is 2. The minimum Gasteiger partial charge on any atom is -0.385 e. The molecule has 2 amide bonds. The molecule has 1 aromatic rings. The lowest BCUT2D eigenvalue weighted by atomic mass is 9.98. The molecule has 3 rings (SSSR count). The molecule has 0 radical (unpaired) electrons. The van der Waals surface area contributed by atoms with Gasteiger partial charge in [0.1, 0.15) is 5.82 Å². The van der Waals surface area contributed by atoms with Crippen molar-refractivity contribution in [3.05, 3.63) is 12.3 Å². The predicted octanol–water partition coefficient (Wildman–Crippen LogP) is 3.11. The molecule has 1 aliphatic carbocycles. The first-order chi connectivity index (χ1) is 11.3. The fourth-order valence-corrected chi connectivity index (χ4v) is 3.34. The zero-order valence-electron chi connectivity index (χ0n) is 14.0. The molecule has 23 heavy (non-hydrogen) atoms. The molecule has 0 spiro atoms. The number of likely N-dealkylation sites (tertiary alicyclic amines) is 1. The molecule has 2 aliphatic rings. The highest BCUT2D eigenvalue weighted by Gasteiger charge is 2.28. The van der Waals surface area contributed by atoms with Gasteiger partial charge >= 0.3 is 6.03 Å². The van der Waals surface area contributed by atoms with E-state index in [0.29, 0.717) is 6.04 Å². The van der Waals surface area contributed by atoms with Crippen LogP contribution in [0.1, 0.15) is 44.9 Å². The summed E-state index contributed by atoms with van der Waals surface area (Å²) in [6.07, 6.45) is 9.74. The van der Waals surface area contributed by atoms with Crippen LogP contribution in [0.25, 0.3) is 0 Å². The number of carbonyl (C=O) groups excluding carboxylic acids is 1. The second-order valence-electron chi connectivity index (χ2n) is 6.75. The van der Waals surface area contributed by atoms with Gasteiger partial charge in [0, 0.05) is 38.9 Å². The normalized spacial score (nSPS) is 21.4. The number of ether oxygens (including phenoxy) is 1. The van der Waals surface area contributed by atoms with Gasteiger partial charge in [-0.05, 0) is 50.9 Å². The lowest BCUT2D eigenvalue weighted by Crippen LogP contribution is -2.46. The maximum absolute atomic E-state index is 12.7. The zero-order valence-corrected chi connectivity index (χ0v) is 14.0. The summed E-state index contributed by atoms with van der Waals surface area (Å²) in [4.78, 5) is 14.7. The van der Waals surface area contributed by atoms with Gasteiger partial charge in [0.2, 0.25) is 0 Å². The van der Waals surface area contributed by atoms with Crippen molar-refractivity contribution < 1.29 is 9.53 Å². The highest BCUT2D eigenvalue weighted by Crippen LogP contribution is 2.31. The number of nitrogens with one attached hydrogen (secondary N) is 1. The molecule has 1 atom stereocenters. The maximum Gasteiger partial charge on any atom is 0.323 e. The van der Waals surface area contributed by atoms with Gasteiger partial charge in [0.15, 0.2) is 0 Å². The zero-order chi connectivity index (χ0) is 16.1. The maximum atomic E-state index is 12.7. The van der Waals surface area contributed by atoms with Crippen molar-refractivity contribution in [2.45, 2.75) is 57.5 Å². The summed E-state index contributed by atoms with van der Waals surface area (Å²) in [6.45, 7) is 2.53. The van der Waals surface area contributed by atoms with Gasteiger partial charge in [0.05, 0.1) is 6.20 Å². The summed E-state index contributed by atoms with van der Waals surface area (Å²) in [5.41, 5.74) is 0. The van der Waals surface area contributed by atoms with E-state index in [-0.39, 0.29) is 6.03 Å². The first kappa shape index (κ1) is 16.3. The lowest BCUT2D eigenvalue weighted by molar-refractivity contribution is 0.141. The Bertz CT molecular complexity index is 512. The molecule has 0 unspecified atom stereocenters. The second kappa shape index (κ2) is 7.81. The highest BCUT2D eigenvalue weighted by atomic mass is 16.5. The minimum absolute atomic E-state index is 0.0182. The molecule has 1 saturated carbocycles. The Morgan fingerprint density at radius 3 is 3.04 bits per heavy atom. The topological polar surface area (TPSA) is 59.4 Å². The van der Waals surface area contributed by atoms with Crippen LogP contribution in [-0.4, -0.2) is 47.0 Å². The van der Waals surface area contributed by atoms with Gasteiger partial charge in [-0.15, -0.1) is 0 Å². The average molecular weight is 320 g/mol. The molecule has 6 nitrogen and oxygen atoms in total. The van der Waals surface area contributed by atoms with E-state index in [9.17, 15) is 4.79 Å². The molecule has 0 aromatic carbocycles. The Hall–Kier alpha value is -1.56. The number of rotatable bonds is 7. The SMILES string of the molecule is COCCC[C@@H]1CCCCN1C(=O)Nc1ccnn1CC1CC1. The molecule has 1 saturated heterocycles. The largest absolute Gasteiger partial charge is 0.385 e. The average Bonchev–Trinajstić information content (AvgIpc) is 3.28. The molecule has 1 aliphatic heterocycles. The van der Waals surface area contributed by atoms with Crippen LogP contribution in [0.2, 0.25) is 0 Å². The molecule has 128 valence electrons. The van der Waals surface area contributed by atoms with E-state index < -0.39 is 0 Å². The first-order valence-electron chi connectivity index (χ1n) is 8.86. The summed E-state index contributed by atoms with van der Waals surface area (Å²) in [7, 11) is 1.73. The Morgan fingerprint density at radius 2 is 2.26 bits per heavy atom. The van der Waals surface area contributed by atoms with Gasteiger partial charge in [0.25, 0.3) is 0 Å². The fourth-order valence-electron chi connectivity index (χ4n) is 3.34. The number of methoxy groups -OCH3 is 1. The van der Waals surface area contributed by atoms with Crippen molar-refractivity contribution in [2.24, 2.45) is 5.92 Å². The van der Waals surface area contributed by atoms with E-state index in [1.165, 1.54) is 19.3 Å². The van der Waals surface area contributed by atoms with Crippen molar-refractivity contribution in [3.8, 4) is 0 Å². The summed E-state index contributed by atoms with van der Waals surface area (Å²) in [5.74, 6) is 1.56. The third kappa shape index (κ3) is 4.47. The van der Waals surface area contributed by atoms with Crippen LogP contribution in [0, 0.1) is 5.92 Å². The van der Waals surface area contributed by atoms with Gasteiger partial charge < -0.3 is 9.64 Å². The van der Waals surface area contributed by atoms with Crippen LogP contribution in [0.4, 0.5) is 10.6 Å². The van der Waals surface area contributed by atoms with E-state index in [4.69, 9.17) is 4.74 Å². The fraction of sp³-hybridized carbons (Fsp3) is 0.765. The van der Waals surface area contributed by atoms with Crippen LogP contribution in [0.3, 0.4) is 0 Å². The third-order valence-electron chi connectivity index (χ3n) is 4.85. The van der Waals surface area contributed by atoms with Crippen molar-refractivity contribution in [2.75, 3.05) is 25.6 Å². The van der Waals surface area contributed by atoms with Crippen LogP contribution < -0.4 is 5.32 Å². The Morgan fingerprint density at radius 1 is 1.39 bits per heavy atom. The number of nitrogens with zero attached hydrogens (tertiary/aromatic N) is 3. The summed E-state index contributed by atoms with van der Waals surface area (Å²) < 4.78 is 7.07. The Balaban J connectivity index is 1.57. The summed E-state index contributed by atoms with van der Waals surface area (Å²) >= 11 is 0. The number of piperidine rings is 1. The minimum atomic E-state index is 0.0182. The van der Waals surface area contributed by atoms with Gasteiger partial charge in [-0.25, -0.2) is 9.48 Å². The monoisotopic (exact) mass is 320 g/mol. The van der Waals surface area contributed by atoms with E-state index in [2.05, 4.69) is 10.4 Å². The number of urea groups is 1. The van der Waals surface area contributed by atoms with E-state index in [1.54, 1.807) is 13.3 Å². The standard InChI is InChI=1S/C17H28N4O2/c1-23-12-4-6-15-5-2-3-11-20(15)17(22)19-16-9-10-18-21(16)13-14-7-8-14/h9-10,14-15H,2-8,11-13H2,1H3,(H,19,22)/t15-/m0/s1.